The summed E-state index contributed by atoms with van der Waals surface area (Å²) < 4.78 is 0. The van der Waals surface area contributed by atoms with E-state index in [0.29, 0.717) is 24.8 Å². The highest BCUT2D eigenvalue weighted by atomic mass is 16.2. The van der Waals surface area contributed by atoms with E-state index in [2.05, 4.69) is 25.7 Å². The summed E-state index contributed by atoms with van der Waals surface area (Å²) in [6.45, 7) is 9.68. The van der Waals surface area contributed by atoms with E-state index in [-0.39, 0.29) is 5.91 Å². The normalized spacial score (nSPS) is 13.1. The number of likely N-dealkylation sites (N-methyl/N-ethyl adjacent to an activating group) is 1. The molecule has 0 aliphatic rings. The number of rotatable bonds is 10. The van der Waals surface area contributed by atoms with Gasteiger partial charge in [-0.3, -0.25) is 4.79 Å². The van der Waals surface area contributed by atoms with Crippen LogP contribution in [0, 0.1) is 11.8 Å². The Morgan fingerprint density at radius 2 is 1.79 bits per heavy atom. The average Bonchev–Trinajstić information content (AvgIpc) is 2.32. The maximum absolute atomic E-state index is 12.3. The molecule has 0 aliphatic heterocycles. The summed E-state index contributed by atoms with van der Waals surface area (Å²) in [5, 5.41) is 0. The van der Waals surface area contributed by atoms with E-state index in [4.69, 9.17) is 5.73 Å². The fourth-order valence-electron chi connectivity index (χ4n) is 2.26. The number of hydrogen-bond donors (Lipinski definition) is 1. The molecule has 0 aliphatic carbocycles. The van der Waals surface area contributed by atoms with Crippen molar-refractivity contribution in [2.24, 2.45) is 17.6 Å². The van der Waals surface area contributed by atoms with Gasteiger partial charge in [0, 0.05) is 26.1 Å². The van der Waals surface area contributed by atoms with Crippen molar-refractivity contribution >= 4 is 5.91 Å². The van der Waals surface area contributed by atoms with E-state index in [1.165, 1.54) is 0 Å². The summed E-state index contributed by atoms with van der Waals surface area (Å²) in [5.41, 5.74) is 5.79. The molecule has 0 aromatic carbocycles. The molecule has 19 heavy (non-hydrogen) atoms. The van der Waals surface area contributed by atoms with Crippen molar-refractivity contribution in [1.82, 2.24) is 9.80 Å². The maximum Gasteiger partial charge on any atom is 0.222 e. The second kappa shape index (κ2) is 10.2. The molecule has 0 aromatic rings. The van der Waals surface area contributed by atoms with Crippen LogP contribution in [0.4, 0.5) is 0 Å². The van der Waals surface area contributed by atoms with Crippen LogP contribution in [-0.2, 0) is 4.79 Å². The van der Waals surface area contributed by atoms with Crippen LogP contribution >= 0.6 is 0 Å². The van der Waals surface area contributed by atoms with Gasteiger partial charge in [-0.1, -0.05) is 20.8 Å². The van der Waals surface area contributed by atoms with Gasteiger partial charge < -0.3 is 15.5 Å². The predicted octanol–water partition coefficient (Wildman–Crippen LogP) is 1.80. The van der Waals surface area contributed by atoms with Crippen molar-refractivity contribution in [3.63, 3.8) is 0 Å². The van der Waals surface area contributed by atoms with Gasteiger partial charge in [-0.2, -0.15) is 0 Å². The van der Waals surface area contributed by atoms with E-state index in [1.807, 2.05) is 19.0 Å². The van der Waals surface area contributed by atoms with Gasteiger partial charge in [0.2, 0.25) is 5.91 Å². The standard InChI is InChI=1S/C15H33N3O/c1-6-7-18(9-8-17(4)5)15(19)11-14(12-16)10-13(2)3/h13-14H,6-12,16H2,1-5H3. The average molecular weight is 271 g/mol. The van der Waals surface area contributed by atoms with Crippen LogP contribution in [0.25, 0.3) is 0 Å². The van der Waals surface area contributed by atoms with Crippen molar-refractivity contribution in [2.45, 2.75) is 40.0 Å². The van der Waals surface area contributed by atoms with Gasteiger partial charge in [0.15, 0.2) is 0 Å². The lowest BCUT2D eigenvalue weighted by Crippen LogP contribution is -2.38. The van der Waals surface area contributed by atoms with Crippen LogP contribution in [0.1, 0.15) is 40.0 Å². The minimum absolute atomic E-state index is 0.264. The van der Waals surface area contributed by atoms with Crippen LogP contribution in [0.15, 0.2) is 0 Å². The van der Waals surface area contributed by atoms with E-state index in [1.54, 1.807) is 0 Å². The summed E-state index contributed by atoms with van der Waals surface area (Å²) in [7, 11) is 4.08. The molecule has 1 unspecified atom stereocenters. The zero-order chi connectivity index (χ0) is 14.8. The van der Waals surface area contributed by atoms with Gasteiger partial charge in [-0.25, -0.2) is 0 Å². The molecule has 0 saturated heterocycles. The minimum Gasteiger partial charge on any atom is -0.341 e. The fraction of sp³-hybridized carbons (Fsp3) is 0.933. The Kier molecular flexibility index (Phi) is 9.88. The highest BCUT2D eigenvalue weighted by molar-refractivity contribution is 5.76. The summed E-state index contributed by atoms with van der Waals surface area (Å²) >= 11 is 0. The first kappa shape index (κ1) is 18.4. The summed E-state index contributed by atoms with van der Waals surface area (Å²) in [5.74, 6) is 1.19. The van der Waals surface area contributed by atoms with E-state index >= 15 is 0 Å². The minimum atomic E-state index is 0.264. The molecule has 0 fully saturated rings. The molecule has 4 nitrogen and oxygen atoms in total. The Balaban J connectivity index is 4.35. The SMILES string of the molecule is CCCN(CCN(C)C)C(=O)CC(CN)CC(C)C. The molecular formula is C15H33N3O. The molecule has 4 heteroatoms. The largest absolute Gasteiger partial charge is 0.341 e. The Hall–Kier alpha value is -0.610. The van der Waals surface area contributed by atoms with Crippen molar-refractivity contribution in [2.75, 3.05) is 40.3 Å². The molecule has 0 radical (unpaired) electrons. The number of carbonyl (C=O) groups excluding carboxylic acids is 1. The number of amides is 1. The topological polar surface area (TPSA) is 49.6 Å². The Morgan fingerprint density at radius 1 is 1.16 bits per heavy atom. The number of nitrogens with two attached hydrogens (primary N) is 1. The quantitative estimate of drug-likeness (QED) is 0.659. The van der Waals surface area contributed by atoms with Gasteiger partial charge in [0.1, 0.15) is 0 Å². The van der Waals surface area contributed by atoms with Gasteiger partial charge in [-0.15, -0.1) is 0 Å². The lowest BCUT2D eigenvalue weighted by molar-refractivity contribution is -0.132. The zero-order valence-electron chi connectivity index (χ0n) is 13.5. The third kappa shape index (κ3) is 9.00. The molecule has 2 N–H and O–H groups in total. The van der Waals surface area contributed by atoms with Crippen molar-refractivity contribution < 1.29 is 4.79 Å². The van der Waals surface area contributed by atoms with Gasteiger partial charge in [0.25, 0.3) is 0 Å². The Labute approximate surface area is 119 Å². The van der Waals surface area contributed by atoms with Crippen LogP contribution in [0.2, 0.25) is 0 Å². The third-order valence-electron chi connectivity index (χ3n) is 3.26. The first-order valence-electron chi connectivity index (χ1n) is 7.53. The number of nitrogens with zero attached hydrogens (tertiary/aromatic N) is 2. The van der Waals surface area contributed by atoms with Crippen molar-refractivity contribution in [1.29, 1.82) is 0 Å². The second-order valence-corrected chi connectivity index (χ2v) is 6.12. The second-order valence-electron chi connectivity index (χ2n) is 6.12. The molecule has 0 spiro atoms. The fourth-order valence-corrected chi connectivity index (χ4v) is 2.26. The molecule has 114 valence electrons. The molecule has 1 atom stereocenters. The number of hydrogen-bond acceptors (Lipinski definition) is 3. The highest BCUT2D eigenvalue weighted by Crippen LogP contribution is 2.15. The molecular weight excluding hydrogens is 238 g/mol. The molecule has 0 aromatic heterocycles. The summed E-state index contributed by atoms with van der Waals surface area (Å²) in [6, 6.07) is 0. The Bertz CT molecular complexity index is 242. The predicted molar refractivity (Wildman–Crippen MR) is 82.0 cm³/mol. The van der Waals surface area contributed by atoms with Crippen molar-refractivity contribution in [3.05, 3.63) is 0 Å². The maximum atomic E-state index is 12.3. The van der Waals surface area contributed by atoms with Crippen LogP contribution in [0.3, 0.4) is 0 Å². The summed E-state index contributed by atoms with van der Waals surface area (Å²) in [6.07, 6.45) is 2.65. The molecule has 1 amide bonds. The van der Waals surface area contributed by atoms with E-state index < -0.39 is 0 Å². The van der Waals surface area contributed by atoms with Gasteiger partial charge in [-0.05, 0) is 45.3 Å². The van der Waals surface area contributed by atoms with Crippen molar-refractivity contribution in [3.8, 4) is 0 Å². The smallest absolute Gasteiger partial charge is 0.222 e. The van der Waals surface area contributed by atoms with Crippen LogP contribution < -0.4 is 5.73 Å². The van der Waals surface area contributed by atoms with Crippen LogP contribution in [-0.4, -0.2) is 56.0 Å². The lowest BCUT2D eigenvalue weighted by atomic mass is 9.93. The van der Waals surface area contributed by atoms with Crippen LogP contribution in [0.5, 0.6) is 0 Å². The first-order chi connectivity index (χ1) is 8.90. The molecule has 0 heterocycles. The van der Waals surface area contributed by atoms with E-state index in [9.17, 15) is 4.79 Å². The first-order valence-corrected chi connectivity index (χ1v) is 7.53. The third-order valence-corrected chi connectivity index (χ3v) is 3.26. The lowest BCUT2D eigenvalue weighted by Gasteiger charge is -2.26. The zero-order valence-corrected chi connectivity index (χ0v) is 13.5. The van der Waals surface area contributed by atoms with Gasteiger partial charge in [0.05, 0.1) is 0 Å². The molecule has 0 rings (SSSR count). The molecule has 0 saturated carbocycles. The number of carbonyl (C=O) groups is 1. The molecule has 0 bridgehead atoms. The van der Waals surface area contributed by atoms with E-state index in [0.717, 1.165) is 32.5 Å². The Morgan fingerprint density at radius 3 is 2.21 bits per heavy atom. The highest BCUT2D eigenvalue weighted by Gasteiger charge is 2.18. The van der Waals surface area contributed by atoms with Gasteiger partial charge >= 0.3 is 0 Å². The summed E-state index contributed by atoms with van der Waals surface area (Å²) in [4.78, 5) is 16.5. The monoisotopic (exact) mass is 271 g/mol.